The minimum Gasteiger partial charge on any atom is -0.465 e. The molecule has 1 aliphatic rings. The molecule has 126 valence electrons. The molecule has 1 amide bonds. The monoisotopic (exact) mass is 346 g/mol. The van der Waals surface area contributed by atoms with Crippen molar-refractivity contribution >= 4 is 27.7 Å². The molecule has 1 aromatic carbocycles. The molecule has 24 heavy (non-hydrogen) atoms. The van der Waals surface area contributed by atoms with Crippen molar-refractivity contribution < 1.29 is 17.6 Å². The van der Waals surface area contributed by atoms with Crippen LogP contribution in [0.5, 0.6) is 0 Å². The van der Waals surface area contributed by atoms with E-state index in [1.807, 2.05) is 0 Å². The van der Waals surface area contributed by atoms with Crippen LogP contribution in [0.4, 0.5) is 5.69 Å². The van der Waals surface area contributed by atoms with Gasteiger partial charge in [0.05, 0.1) is 11.2 Å². The normalized spacial score (nSPS) is 15.8. The van der Waals surface area contributed by atoms with E-state index >= 15 is 0 Å². The zero-order valence-electron chi connectivity index (χ0n) is 13.0. The van der Waals surface area contributed by atoms with Crippen molar-refractivity contribution in [2.45, 2.75) is 17.7 Å². The van der Waals surface area contributed by atoms with E-state index in [9.17, 15) is 13.2 Å². The lowest BCUT2D eigenvalue weighted by Gasteiger charge is -2.15. The second kappa shape index (κ2) is 7.02. The predicted molar refractivity (Wildman–Crippen MR) is 90.8 cm³/mol. The van der Waals surface area contributed by atoms with Gasteiger partial charge in [0.15, 0.2) is 0 Å². The number of benzene rings is 1. The molecule has 1 aliphatic heterocycles. The number of sulfonamides is 1. The minimum atomic E-state index is -3.43. The van der Waals surface area contributed by atoms with Crippen molar-refractivity contribution in [3.63, 3.8) is 0 Å². The first-order valence-corrected chi connectivity index (χ1v) is 9.12. The van der Waals surface area contributed by atoms with Gasteiger partial charge in [0.2, 0.25) is 15.9 Å². The van der Waals surface area contributed by atoms with Crippen LogP contribution in [-0.2, 0) is 14.8 Å². The van der Waals surface area contributed by atoms with Gasteiger partial charge < -0.3 is 9.73 Å². The first-order chi connectivity index (χ1) is 11.6. The Morgan fingerprint density at radius 2 is 1.83 bits per heavy atom. The van der Waals surface area contributed by atoms with Crippen molar-refractivity contribution in [3.8, 4) is 0 Å². The zero-order valence-corrected chi connectivity index (χ0v) is 13.8. The molecule has 3 rings (SSSR count). The number of nitrogens with zero attached hydrogens (tertiary/aromatic N) is 1. The van der Waals surface area contributed by atoms with E-state index in [4.69, 9.17) is 4.42 Å². The van der Waals surface area contributed by atoms with Crippen molar-refractivity contribution in [1.29, 1.82) is 0 Å². The molecule has 1 aromatic heterocycles. The summed E-state index contributed by atoms with van der Waals surface area (Å²) in [4.78, 5) is 12.1. The maximum atomic E-state index is 12.4. The molecule has 6 nitrogen and oxygen atoms in total. The molecule has 1 N–H and O–H groups in total. The number of hydrogen-bond acceptors (Lipinski definition) is 4. The maximum absolute atomic E-state index is 12.4. The van der Waals surface area contributed by atoms with Gasteiger partial charge in [-0.15, -0.1) is 0 Å². The summed E-state index contributed by atoms with van der Waals surface area (Å²) in [5.41, 5.74) is 0.532. The number of carbonyl (C=O) groups is 1. The maximum Gasteiger partial charge on any atom is 0.248 e. The number of hydrogen-bond donors (Lipinski definition) is 1. The highest BCUT2D eigenvalue weighted by atomic mass is 32.2. The Bertz CT molecular complexity index is 818. The molecular weight excluding hydrogens is 328 g/mol. The molecular formula is C17H18N2O4S. The molecule has 0 unspecified atom stereocenters. The summed E-state index contributed by atoms with van der Waals surface area (Å²) in [5, 5.41) is 2.68. The van der Waals surface area contributed by atoms with E-state index in [1.165, 1.54) is 28.8 Å². The van der Waals surface area contributed by atoms with Gasteiger partial charge in [0.25, 0.3) is 0 Å². The van der Waals surface area contributed by atoms with Crippen LogP contribution in [0.15, 0.2) is 58.1 Å². The van der Waals surface area contributed by atoms with Crippen molar-refractivity contribution in [2.75, 3.05) is 18.4 Å². The molecule has 0 saturated carbocycles. The van der Waals surface area contributed by atoms with Gasteiger partial charge in [-0.2, -0.15) is 4.31 Å². The van der Waals surface area contributed by atoms with Gasteiger partial charge in [0, 0.05) is 24.9 Å². The number of carbonyl (C=O) groups excluding carboxylic acids is 1. The first kappa shape index (κ1) is 16.5. The summed E-state index contributed by atoms with van der Waals surface area (Å²) in [7, 11) is -3.43. The Kier molecular flexibility index (Phi) is 4.82. The fraction of sp³-hybridized carbons (Fsp3) is 0.235. The van der Waals surface area contributed by atoms with Crippen LogP contribution in [0.1, 0.15) is 18.6 Å². The average Bonchev–Trinajstić information content (AvgIpc) is 3.27. The quantitative estimate of drug-likeness (QED) is 0.844. The van der Waals surface area contributed by atoms with Crippen LogP contribution in [0.25, 0.3) is 6.08 Å². The third-order valence-corrected chi connectivity index (χ3v) is 5.68. The van der Waals surface area contributed by atoms with Crippen molar-refractivity contribution in [1.82, 2.24) is 4.31 Å². The SMILES string of the molecule is O=C(C=Cc1ccco1)Nc1ccc(S(=O)(=O)N2CCCC2)cc1. The topological polar surface area (TPSA) is 79.6 Å². The van der Waals surface area contributed by atoms with Gasteiger partial charge in [-0.3, -0.25) is 4.79 Å². The Balaban J connectivity index is 1.65. The van der Waals surface area contributed by atoms with E-state index in [2.05, 4.69) is 5.32 Å². The second-order valence-corrected chi connectivity index (χ2v) is 7.41. The fourth-order valence-corrected chi connectivity index (χ4v) is 4.03. The molecule has 0 bridgehead atoms. The summed E-state index contributed by atoms with van der Waals surface area (Å²) >= 11 is 0. The number of rotatable bonds is 5. The van der Waals surface area contributed by atoms with E-state index in [0.29, 0.717) is 24.5 Å². The van der Waals surface area contributed by atoms with Crippen molar-refractivity contribution in [3.05, 3.63) is 54.5 Å². The minimum absolute atomic E-state index is 0.244. The zero-order chi connectivity index (χ0) is 17.0. The smallest absolute Gasteiger partial charge is 0.248 e. The number of amides is 1. The van der Waals surface area contributed by atoms with E-state index in [1.54, 1.807) is 30.3 Å². The van der Waals surface area contributed by atoms with Crippen molar-refractivity contribution in [2.24, 2.45) is 0 Å². The average molecular weight is 346 g/mol. The van der Waals surface area contributed by atoms with Crippen LogP contribution in [-0.4, -0.2) is 31.7 Å². The molecule has 2 heterocycles. The first-order valence-electron chi connectivity index (χ1n) is 7.68. The molecule has 0 spiro atoms. The molecule has 2 aromatic rings. The lowest BCUT2D eigenvalue weighted by atomic mass is 10.3. The number of nitrogens with one attached hydrogen (secondary N) is 1. The standard InChI is InChI=1S/C17H18N2O4S/c20-17(10-7-15-4-3-13-23-15)18-14-5-8-16(9-6-14)24(21,22)19-11-1-2-12-19/h3-10,13H,1-2,11-12H2,(H,18,20). The Morgan fingerprint density at radius 1 is 1.12 bits per heavy atom. The van der Waals surface area contributed by atoms with E-state index in [-0.39, 0.29) is 10.8 Å². The lowest BCUT2D eigenvalue weighted by molar-refractivity contribution is -0.111. The number of furan rings is 1. The molecule has 7 heteroatoms. The van der Waals surface area contributed by atoms with Crippen LogP contribution in [0, 0.1) is 0 Å². The highest BCUT2D eigenvalue weighted by molar-refractivity contribution is 7.89. The summed E-state index contributed by atoms with van der Waals surface area (Å²) in [6.07, 6.45) is 6.23. The Labute approximate surface area is 140 Å². The van der Waals surface area contributed by atoms with E-state index < -0.39 is 10.0 Å². The molecule has 1 fully saturated rings. The van der Waals surface area contributed by atoms with Gasteiger partial charge in [-0.1, -0.05) is 0 Å². The second-order valence-electron chi connectivity index (χ2n) is 5.47. The highest BCUT2D eigenvalue weighted by Gasteiger charge is 2.26. The van der Waals surface area contributed by atoms with Crippen LogP contribution in [0.2, 0.25) is 0 Å². The van der Waals surface area contributed by atoms with E-state index in [0.717, 1.165) is 12.8 Å². The van der Waals surface area contributed by atoms with Gasteiger partial charge in [-0.25, -0.2) is 8.42 Å². The summed E-state index contributed by atoms with van der Waals surface area (Å²) in [5.74, 6) is 0.263. The van der Waals surface area contributed by atoms with Gasteiger partial charge in [0.1, 0.15) is 5.76 Å². The van der Waals surface area contributed by atoms with Crippen LogP contribution < -0.4 is 5.32 Å². The number of anilines is 1. The van der Waals surface area contributed by atoms with Gasteiger partial charge in [-0.05, 0) is 55.3 Å². The summed E-state index contributed by atoms with van der Waals surface area (Å²) < 4.78 is 31.4. The third kappa shape index (κ3) is 3.74. The van der Waals surface area contributed by atoms with Crippen LogP contribution in [0.3, 0.4) is 0 Å². The Hall–Kier alpha value is -2.38. The molecule has 0 aliphatic carbocycles. The lowest BCUT2D eigenvalue weighted by Crippen LogP contribution is -2.27. The molecule has 0 atom stereocenters. The predicted octanol–water partition coefficient (Wildman–Crippen LogP) is 2.72. The summed E-state index contributed by atoms with van der Waals surface area (Å²) in [6, 6.07) is 9.67. The Morgan fingerprint density at radius 3 is 2.46 bits per heavy atom. The van der Waals surface area contributed by atoms with Crippen LogP contribution >= 0.6 is 0 Å². The third-order valence-electron chi connectivity index (χ3n) is 3.77. The molecule has 1 saturated heterocycles. The van der Waals surface area contributed by atoms with Gasteiger partial charge >= 0.3 is 0 Å². The highest BCUT2D eigenvalue weighted by Crippen LogP contribution is 2.22. The summed E-state index contributed by atoms with van der Waals surface area (Å²) in [6.45, 7) is 1.14. The fourth-order valence-electron chi connectivity index (χ4n) is 2.52. The molecule has 0 radical (unpaired) electrons. The largest absolute Gasteiger partial charge is 0.465 e.